The topological polar surface area (TPSA) is 29.5 Å². The third-order valence-electron chi connectivity index (χ3n) is 12.4. The van der Waals surface area contributed by atoms with Gasteiger partial charge in [0.2, 0.25) is 0 Å². The number of fused-ring (bicyclic) bond motifs is 5. The highest BCUT2D eigenvalue weighted by molar-refractivity contribution is 5.16. The van der Waals surface area contributed by atoms with Gasteiger partial charge in [0.25, 0.3) is 0 Å². The van der Waals surface area contributed by atoms with Crippen LogP contribution in [0.25, 0.3) is 0 Å². The summed E-state index contributed by atoms with van der Waals surface area (Å²) in [6.45, 7) is 25.1. The summed E-state index contributed by atoms with van der Waals surface area (Å²) in [5, 5.41) is 10.6. The quantitative estimate of drug-likeness (QED) is 0.377. The molecule has 5 rings (SSSR count). The number of rotatable bonds is 6. The van der Waals surface area contributed by atoms with Gasteiger partial charge in [0.05, 0.1) is 11.7 Å². The van der Waals surface area contributed by atoms with Gasteiger partial charge in [-0.05, 0) is 136 Å². The number of hydrogen-bond donors (Lipinski definition) is 1. The number of aliphatic hydroxyl groups excluding tert-OH is 1. The summed E-state index contributed by atoms with van der Waals surface area (Å²) >= 11 is 0. The minimum Gasteiger partial charge on any atom is -0.393 e. The second-order valence-electron chi connectivity index (χ2n) is 13.3. The van der Waals surface area contributed by atoms with Crippen molar-refractivity contribution in [3.8, 4) is 0 Å². The lowest BCUT2D eigenvalue weighted by Gasteiger charge is -2.67. The van der Waals surface area contributed by atoms with Crippen LogP contribution >= 0.6 is 0 Å². The molecule has 37 heavy (non-hydrogen) atoms. The Morgan fingerprint density at radius 3 is 1.97 bits per heavy atom. The molecule has 0 spiro atoms. The summed E-state index contributed by atoms with van der Waals surface area (Å²) in [6.07, 6.45) is 17.4. The van der Waals surface area contributed by atoms with Gasteiger partial charge in [0.15, 0.2) is 0 Å². The normalized spacial score (nSPS) is 44.8. The first-order valence-electron chi connectivity index (χ1n) is 17.1. The van der Waals surface area contributed by atoms with Crippen LogP contribution in [-0.2, 0) is 4.74 Å². The van der Waals surface area contributed by atoms with E-state index in [4.69, 9.17) is 4.74 Å². The molecule has 220 valence electrons. The van der Waals surface area contributed by atoms with Crippen LogP contribution in [0.15, 0.2) is 0 Å². The molecule has 0 aromatic heterocycles. The van der Waals surface area contributed by atoms with Crippen LogP contribution in [0.3, 0.4) is 0 Å². The van der Waals surface area contributed by atoms with E-state index in [9.17, 15) is 5.11 Å². The maximum atomic E-state index is 10.6. The molecule has 2 nitrogen and oxygen atoms in total. The summed E-state index contributed by atoms with van der Waals surface area (Å²) in [7, 11) is 0. The Morgan fingerprint density at radius 1 is 0.784 bits per heavy atom. The van der Waals surface area contributed by atoms with Gasteiger partial charge in [-0.1, -0.05) is 69.2 Å². The standard InChI is InChI=1S/C29H50O2.3C2H6/c1-6-18-31-29(21-8-9-21)17-16-27(5)24-13-15-28(7-2)23(20(3)30)10-11-25(28)22(24)12-14-26(27,4)19-29;3*1-2/h20-25,30H,6-19H2,1-5H3;3*1-2H3. The van der Waals surface area contributed by atoms with Crippen LogP contribution in [0.1, 0.15) is 160 Å². The van der Waals surface area contributed by atoms with Crippen molar-refractivity contribution in [1.29, 1.82) is 0 Å². The Morgan fingerprint density at radius 2 is 1.43 bits per heavy atom. The smallest absolute Gasteiger partial charge is 0.0716 e. The maximum Gasteiger partial charge on any atom is 0.0716 e. The van der Waals surface area contributed by atoms with Crippen LogP contribution in [0.2, 0.25) is 0 Å². The average molecular weight is 521 g/mol. The van der Waals surface area contributed by atoms with Crippen molar-refractivity contribution in [2.45, 2.75) is 171 Å². The minimum atomic E-state index is -0.129. The molecule has 5 aliphatic rings. The van der Waals surface area contributed by atoms with Gasteiger partial charge in [-0.2, -0.15) is 0 Å². The van der Waals surface area contributed by atoms with Crippen LogP contribution in [-0.4, -0.2) is 23.4 Å². The molecule has 5 fully saturated rings. The molecule has 0 aromatic rings. The third kappa shape index (κ3) is 5.60. The summed E-state index contributed by atoms with van der Waals surface area (Å²) in [5.41, 5.74) is 1.55. The van der Waals surface area contributed by atoms with Crippen molar-refractivity contribution in [2.24, 2.45) is 45.8 Å². The Balaban J connectivity index is 0.000000750. The van der Waals surface area contributed by atoms with Crippen LogP contribution < -0.4 is 0 Å². The lowest BCUT2D eigenvalue weighted by Crippen LogP contribution is -2.61. The van der Waals surface area contributed by atoms with E-state index in [-0.39, 0.29) is 11.7 Å². The van der Waals surface area contributed by atoms with Crippen molar-refractivity contribution in [2.75, 3.05) is 6.61 Å². The summed E-state index contributed by atoms with van der Waals surface area (Å²) in [4.78, 5) is 0. The first-order chi connectivity index (χ1) is 17.8. The highest BCUT2D eigenvalue weighted by Crippen LogP contribution is 2.73. The fourth-order valence-electron chi connectivity index (χ4n) is 10.5. The summed E-state index contributed by atoms with van der Waals surface area (Å²) in [5.74, 6) is 4.05. The lowest BCUT2D eigenvalue weighted by molar-refractivity contribution is -0.214. The predicted molar refractivity (Wildman–Crippen MR) is 162 cm³/mol. The van der Waals surface area contributed by atoms with E-state index in [0.717, 1.165) is 36.7 Å². The monoisotopic (exact) mass is 521 g/mol. The molecule has 5 aliphatic carbocycles. The maximum absolute atomic E-state index is 10.6. The Labute approximate surface area is 233 Å². The molecule has 9 unspecified atom stereocenters. The first-order valence-corrected chi connectivity index (χ1v) is 17.1. The van der Waals surface area contributed by atoms with Gasteiger partial charge in [-0.15, -0.1) is 0 Å². The first kappa shape index (κ1) is 33.1. The van der Waals surface area contributed by atoms with Gasteiger partial charge in [0, 0.05) is 6.61 Å². The van der Waals surface area contributed by atoms with Crippen molar-refractivity contribution in [1.82, 2.24) is 0 Å². The zero-order chi connectivity index (χ0) is 28.1. The molecule has 0 aliphatic heterocycles. The highest BCUT2D eigenvalue weighted by atomic mass is 16.5. The fourth-order valence-corrected chi connectivity index (χ4v) is 10.5. The Kier molecular flexibility index (Phi) is 12.1. The van der Waals surface area contributed by atoms with Gasteiger partial charge in [-0.25, -0.2) is 0 Å². The van der Waals surface area contributed by atoms with E-state index in [1.807, 2.05) is 41.5 Å². The number of aliphatic hydroxyl groups is 1. The fraction of sp³-hybridized carbons (Fsp3) is 1.00. The Hall–Kier alpha value is -0.0800. The molecule has 0 saturated heterocycles. The molecule has 0 heterocycles. The second kappa shape index (κ2) is 13.5. The second-order valence-corrected chi connectivity index (χ2v) is 13.3. The summed E-state index contributed by atoms with van der Waals surface area (Å²) in [6, 6.07) is 0. The van der Waals surface area contributed by atoms with Crippen molar-refractivity contribution in [3.63, 3.8) is 0 Å². The lowest BCUT2D eigenvalue weighted by atomic mass is 9.38. The predicted octanol–water partition coefficient (Wildman–Crippen LogP) is 10.5. The molecule has 2 heteroatoms. The molecule has 0 aromatic carbocycles. The molecule has 0 amide bonds. The molecule has 5 saturated carbocycles. The molecule has 9 atom stereocenters. The zero-order valence-corrected chi connectivity index (χ0v) is 27.2. The number of hydrogen-bond acceptors (Lipinski definition) is 2. The molecule has 0 radical (unpaired) electrons. The number of ether oxygens (including phenoxy) is 1. The molecule has 0 bridgehead atoms. The SMILES string of the molecule is CC.CC.CC.CCCOC1(C2CC2)CCC2(C)C3CCC4(CC)C(C(C)O)CCC4C3CCC2(C)C1. The van der Waals surface area contributed by atoms with E-state index in [0.29, 0.717) is 22.2 Å². The van der Waals surface area contributed by atoms with Crippen LogP contribution in [0.4, 0.5) is 0 Å². The molecular formula is C35H68O2. The van der Waals surface area contributed by atoms with E-state index < -0.39 is 0 Å². The van der Waals surface area contributed by atoms with Gasteiger partial charge >= 0.3 is 0 Å². The van der Waals surface area contributed by atoms with Crippen LogP contribution in [0, 0.1) is 45.8 Å². The van der Waals surface area contributed by atoms with Crippen molar-refractivity contribution >= 4 is 0 Å². The van der Waals surface area contributed by atoms with Crippen molar-refractivity contribution in [3.05, 3.63) is 0 Å². The van der Waals surface area contributed by atoms with Crippen LogP contribution in [0.5, 0.6) is 0 Å². The van der Waals surface area contributed by atoms with Gasteiger partial charge in [0.1, 0.15) is 0 Å². The van der Waals surface area contributed by atoms with E-state index in [1.165, 1.54) is 77.0 Å². The average Bonchev–Trinajstić information content (AvgIpc) is 3.71. The zero-order valence-electron chi connectivity index (χ0n) is 27.2. The van der Waals surface area contributed by atoms with Gasteiger partial charge in [-0.3, -0.25) is 0 Å². The van der Waals surface area contributed by atoms with E-state index in [1.54, 1.807) is 0 Å². The summed E-state index contributed by atoms with van der Waals surface area (Å²) < 4.78 is 6.75. The highest BCUT2D eigenvalue weighted by Gasteiger charge is 2.67. The minimum absolute atomic E-state index is 0.129. The third-order valence-corrected chi connectivity index (χ3v) is 12.4. The Bertz CT molecular complexity index is 670. The van der Waals surface area contributed by atoms with E-state index in [2.05, 4.69) is 34.6 Å². The van der Waals surface area contributed by atoms with E-state index >= 15 is 0 Å². The van der Waals surface area contributed by atoms with Gasteiger partial charge < -0.3 is 9.84 Å². The molecule has 1 N–H and O–H groups in total. The van der Waals surface area contributed by atoms with Crippen molar-refractivity contribution < 1.29 is 9.84 Å². The molecular weight excluding hydrogens is 452 g/mol. The largest absolute Gasteiger partial charge is 0.393 e.